The predicted octanol–water partition coefficient (Wildman–Crippen LogP) is 20.9. The molecule has 4 aliphatic heterocycles. The molecule has 578 valence electrons. The van der Waals surface area contributed by atoms with Gasteiger partial charge in [0.15, 0.2) is 0 Å². The molecule has 0 aromatic heterocycles. The molecule has 4 aromatic rings. The molecule has 4 heterocycles. The van der Waals surface area contributed by atoms with E-state index in [1.807, 2.05) is 89.7 Å². The van der Waals surface area contributed by atoms with Gasteiger partial charge in [-0.2, -0.15) is 20.3 Å². The lowest BCUT2D eigenvalue weighted by molar-refractivity contribution is -0.336. The van der Waals surface area contributed by atoms with Crippen molar-refractivity contribution in [2.75, 3.05) is 13.1 Å². The van der Waals surface area contributed by atoms with Crippen LogP contribution in [0.4, 0.5) is 0 Å². The Morgan fingerprint density at radius 3 is 1.07 bits per heavy atom. The molecular weight excluding hydrogens is 1290 g/mol. The van der Waals surface area contributed by atoms with Gasteiger partial charge in [-0.15, -0.1) is 0 Å². The first-order valence-corrected chi connectivity index (χ1v) is 39.5. The summed E-state index contributed by atoms with van der Waals surface area (Å²) in [6, 6.07) is 41.1. The molecule has 0 N–H and O–H groups in total. The van der Waals surface area contributed by atoms with Crippen LogP contribution in [0.2, 0.25) is 0 Å². The van der Waals surface area contributed by atoms with Crippen LogP contribution in [0.15, 0.2) is 121 Å². The highest BCUT2D eigenvalue weighted by Gasteiger charge is 2.61. The molecule has 4 fully saturated rings. The number of Topliss-reactive ketones (excluding diaryl/α,β-unsaturated/α-hetero) is 1. The molecule has 11 atom stereocenters. The van der Waals surface area contributed by atoms with Crippen molar-refractivity contribution in [3.8, 4) is 0 Å². The number of carbonyl (C=O) groups is 4. The van der Waals surface area contributed by atoms with Crippen molar-refractivity contribution in [1.82, 2.24) is 30.1 Å². The Kier molecular flexibility index (Phi) is 30.9. The summed E-state index contributed by atoms with van der Waals surface area (Å²) in [6.07, 6.45) is 9.37. The normalized spacial score (nSPS) is 27.2. The Morgan fingerprint density at radius 1 is 0.437 bits per heavy atom. The van der Waals surface area contributed by atoms with Crippen molar-refractivity contribution in [2.24, 2.45) is 11.8 Å². The zero-order valence-electron chi connectivity index (χ0n) is 69.8. The zero-order valence-corrected chi connectivity index (χ0v) is 69.8. The maximum absolute atomic E-state index is 13.8. The van der Waals surface area contributed by atoms with E-state index in [1.54, 1.807) is 0 Å². The monoisotopic (exact) mass is 1430 g/mol. The summed E-state index contributed by atoms with van der Waals surface area (Å²) in [5.74, 6) is 0.683. The van der Waals surface area contributed by atoms with Crippen LogP contribution in [0.25, 0.3) is 0 Å². The minimum atomic E-state index is -0.641. The van der Waals surface area contributed by atoms with Crippen LogP contribution in [0, 0.1) is 11.8 Å². The molecule has 8 rings (SSSR count). The molecular formula is C88H142N6O9. The lowest BCUT2D eigenvalue weighted by Gasteiger charge is -2.61. The molecule has 0 spiro atoms. The van der Waals surface area contributed by atoms with Crippen molar-refractivity contribution >= 4 is 23.6 Å². The number of hydroxylamine groups is 8. The molecule has 4 aliphatic rings. The Balaban J connectivity index is 0.000000248. The van der Waals surface area contributed by atoms with Gasteiger partial charge in [0.05, 0.1) is 22.2 Å². The van der Waals surface area contributed by atoms with Crippen LogP contribution >= 0.6 is 0 Å². The van der Waals surface area contributed by atoms with Crippen molar-refractivity contribution in [3.05, 3.63) is 144 Å². The molecule has 15 heteroatoms. The molecule has 15 nitrogen and oxygen atoms in total. The molecule has 4 saturated heterocycles. The number of benzene rings is 4. The van der Waals surface area contributed by atoms with Gasteiger partial charge in [0, 0.05) is 66.8 Å². The SMILES string of the molecule is CCC1(C)CC(=O)C(C)C(C)(CC)N1OC(C)c1ccccc1.CCC1(C)CC(OC(C)=O)C(C)C(C)(CC)N1OC(C)c1ccccc1.CCC1(CC)C(=O)N(C(C)(C)C)CC(C)(C)N1OC(C)c1ccccc1.CCC1(CC)CN(C(C)(C)C)C(=O)C(CC)(CC)N1OC(C)c1ccccc1. The molecule has 4 aromatic carbocycles. The maximum atomic E-state index is 13.8. The lowest BCUT2D eigenvalue weighted by Crippen LogP contribution is -2.76. The number of rotatable bonds is 23. The van der Waals surface area contributed by atoms with Crippen LogP contribution in [0.1, 0.15) is 325 Å². The van der Waals surface area contributed by atoms with Crippen LogP contribution < -0.4 is 0 Å². The third kappa shape index (κ3) is 19.1. The average molecular weight is 1430 g/mol. The average Bonchev–Trinajstić information content (AvgIpc) is 0.738. The van der Waals surface area contributed by atoms with E-state index >= 15 is 0 Å². The van der Waals surface area contributed by atoms with Gasteiger partial charge in [0.1, 0.15) is 47.4 Å². The summed E-state index contributed by atoms with van der Waals surface area (Å²) in [5.41, 5.74) is 1.47. The van der Waals surface area contributed by atoms with E-state index in [4.69, 9.17) is 24.1 Å². The number of hydrogen-bond donors (Lipinski definition) is 0. The van der Waals surface area contributed by atoms with E-state index < -0.39 is 11.1 Å². The van der Waals surface area contributed by atoms with E-state index in [0.29, 0.717) is 25.3 Å². The largest absolute Gasteiger partial charge is 0.462 e. The molecule has 0 aliphatic carbocycles. The number of hydrogen-bond acceptors (Lipinski definition) is 13. The van der Waals surface area contributed by atoms with Gasteiger partial charge >= 0.3 is 5.97 Å². The second-order valence-electron chi connectivity index (χ2n) is 33.8. The fraction of sp³-hybridized carbons (Fsp3) is 0.682. The van der Waals surface area contributed by atoms with E-state index in [2.05, 4.69) is 256 Å². The van der Waals surface area contributed by atoms with Crippen molar-refractivity contribution in [1.29, 1.82) is 0 Å². The van der Waals surface area contributed by atoms with Gasteiger partial charge in [0.2, 0.25) is 11.8 Å². The lowest BCUT2D eigenvalue weighted by atomic mass is 9.69. The Bertz CT molecular complexity index is 3270. The van der Waals surface area contributed by atoms with Gasteiger partial charge in [-0.25, -0.2) is 0 Å². The molecule has 0 saturated carbocycles. The third-order valence-corrected chi connectivity index (χ3v) is 24.8. The van der Waals surface area contributed by atoms with Crippen LogP contribution in [0.3, 0.4) is 0 Å². The minimum Gasteiger partial charge on any atom is -0.462 e. The summed E-state index contributed by atoms with van der Waals surface area (Å²) in [5, 5.41) is 8.52. The highest BCUT2D eigenvalue weighted by molar-refractivity contribution is 5.89. The summed E-state index contributed by atoms with van der Waals surface area (Å²) in [6.45, 7) is 62.8. The van der Waals surface area contributed by atoms with Crippen molar-refractivity contribution in [3.63, 3.8) is 0 Å². The maximum Gasteiger partial charge on any atom is 0.302 e. The fourth-order valence-electron chi connectivity index (χ4n) is 16.4. The smallest absolute Gasteiger partial charge is 0.302 e. The van der Waals surface area contributed by atoms with E-state index in [-0.39, 0.29) is 104 Å². The summed E-state index contributed by atoms with van der Waals surface area (Å²) in [4.78, 5) is 82.0. The number of nitrogens with zero attached hydrogens (tertiary/aromatic N) is 6. The number of esters is 1. The van der Waals surface area contributed by atoms with Gasteiger partial charge in [-0.1, -0.05) is 204 Å². The molecule has 2 amide bonds. The Hall–Kier alpha value is -5.36. The summed E-state index contributed by atoms with van der Waals surface area (Å²) >= 11 is 0. The summed E-state index contributed by atoms with van der Waals surface area (Å²) in [7, 11) is 0. The highest BCUT2D eigenvalue weighted by Crippen LogP contribution is 2.51. The van der Waals surface area contributed by atoms with Crippen LogP contribution in [-0.4, -0.2) is 128 Å². The number of amides is 2. The number of piperazine rings is 2. The zero-order chi connectivity index (χ0) is 77.7. The van der Waals surface area contributed by atoms with E-state index in [1.165, 1.54) is 12.5 Å². The number of ketones is 1. The molecule has 0 radical (unpaired) electrons. The summed E-state index contributed by atoms with van der Waals surface area (Å²) < 4.78 is 5.71. The van der Waals surface area contributed by atoms with E-state index in [9.17, 15) is 19.2 Å². The van der Waals surface area contributed by atoms with E-state index in [0.717, 1.165) is 87.3 Å². The first kappa shape index (κ1) is 88.3. The topological polar surface area (TPSA) is 134 Å². The standard InChI is InChI=1S/C24H40N2O2.C22H36N2O2.C22H35NO3.C20H31NO2/c1-9-23(10-2)18-25(22(6,7)8)21(27)24(11-3,12-4)26(23)28-19(5)20-16-14-13-15-17-20;1-9-22(10-2)19(25)23(20(4,5)6)16-21(7,8)24(22)26-17(3)18-14-12-11-13-15-18;1-8-21(6)15-20(25-18(5)24)16(3)22(7,9-2)23(21)26-17(4)19-13-11-10-12-14-19;1-7-19(5)14-18(22)15(3)20(6,8-2)21(19)23-16(4)17-12-10-9-11-13-17/h13-17,19H,9-12,18H2,1-8H3;11-15,17H,9-10,16H2,1-8H3;10-14,16-17,20H,8-9,15H2,1-7H3;9-13,15-16H,7-8,14H2,1-6H3. The number of carbonyl (C=O) groups excluding carboxylic acids is 4. The highest BCUT2D eigenvalue weighted by atomic mass is 16.7. The van der Waals surface area contributed by atoms with Crippen molar-refractivity contribution < 1.29 is 43.3 Å². The van der Waals surface area contributed by atoms with Crippen LogP contribution in [-0.2, 0) is 43.3 Å². The number of piperidine rings is 2. The molecule has 11 unspecified atom stereocenters. The first-order valence-electron chi connectivity index (χ1n) is 39.5. The first-order chi connectivity index (χ1) is 48.1. The van der Waals surface area contributed by atoms with Gasteiger partial charge in [-0.05, 0) is 197 Å². The second kappa shape index (κ2) is 36.0. The molecule has 0 bridgehead atoms. The molecule has 103 heavy (non-hydrogen) atoms. The second-order valence-corrected chi connectivity index (χ2v) is 33.8. The van der Waals surface area contributed by atoms with Crippen molar-refractivity contribution in [2.45, 2.75) is 364 Å². The van der Waals surface area contributed by atoms with Gasteiger partial charge in [0.25, 0.3) is 0 Å². The fourth-order valence-corrected chi connectivity index (χ4v) is 16.4. The van der Waals surface area contributed by atoms with Gasteiger partial charge < -0.3 is 14.5 Å². The van der Waals surface area contributed by atoms with Gasteiger partial charge in [-0.3, -0.25) is 38.5 Å². The van der Waals surface area contributed by atoms with Crippen LogP contribution in [0.5, 0.6) is 0 Å². The Morgan fingerprint density at radius 2 is 0.757 bits per heavy atom. The minimum absolute atomic E-state index is 0.0184. The predicted molar refractivity (Wildman–Crippen MR) is 421 cm³/mol. The third-order valence-electron chi connectivity index (χ3n) is 24.8. The quantitative estimate of drug-likeness (QED) is 0.0653. The number of ether oxygens (including phenoxy) is 1. The Labute approximate surface area is 626 Å².